The summed E-state index contributed by atoms with van der Waals surface area (Å²) in [6.07, 6.45) is -7.21. The molecule has 5 unspecified atom stereocenters. The van der Waals surface area contributed by atoms with E-state index in [1.54, 1.807) is 0 Å². The van der Waals surface area contributed by atoms with Crippen molar-refractivity contribution in [3.05, 3.63) is 40.6 Å². The van der Waals surface area contributed by atoms with Crippen LogP contribution in [0.3, 0.4) is 0 Å². The molecule has 0 aliphatic carbocycles. The van der Waals surface area contributed by atoms with Crippen molar-refractivity contribution >= 4 is 11.0 Å². The van der Waals surface area contributed by atoms with Crippen molar-refractivity contribution in [2.45, 2.75) is 37.6 Å². The van der Waals surface area contributed by atoms with Gasteiger partial charge in [0, 0.05) is 17.7 Å². The molecule has 1 aromatic heterocycles. The summed E-state index contributed by atoms with van der Waals surface area (Å²) in [5.41, 5.74) is -0.721. The van der Waals surface area contributed by atoms with Gasteiger partial charge in [-0.05, 0) is 25.1 Å². The molecule has 0 radical (unpaired) electrons. The first-order chi connectivity index (χ1) is 15.6. The Labute approximate surface area is 186 Å². The fraction of sp³-hybridized carbons (Fsp3) is 0.318. The monoisotopic (exact) mass is 462 g/mol. The van der Waals surface area contributed by atoms with Crippen LogP contribution in [-0.4, -0.2) is 68.5 Å². The average molecular weight is 462 g/mol. The lowest BCUT2D eigenvalue weighted by Gasteiger charge is -2.38. The van der Waals surface area contributed by atoms with Crippen LogP contribution in [0.2, 0.25) is 0 Å². The Morgan fingerprint density at radius 1 is 0.939 bits per heavy atom. The summed E-state index contributed by atoms with van der Waals surface area (Å²) in [7, 11) is 1.29. The van der Waals surface area contributed by atoms with Crippen LogP contribution in [0, 0.1) is 0 Å². The molecule has 6 N–H and O–H groups in total. The molecule has 2 heterocycles. The van der Waals surface area contributed by atoms with E-state index in [0.29, 0.717) is 0 Å². The molecule has 1 fully saturated rings. The van der Waals surface area contributed by atoms with E-state index in [1.807, 2.05) is 0 Å². The van der Waals surface area contributed by atoms with Crippen LogP contribution in [0.4, 0.5) is 0 Å². The van der Waals surface area contributed by atoms with Crippen molar-refractivity contribution < 1.29 is 49.3 Å². The minimum absolute atomic E-state index is 0.0161. The van der Waals surface area contributed by atoms with Crippen LogP contribution in [0.15, 0.2) is 39.5 Å². The quantitative estimate of drug-likeness (QED) is 0.302. The molecule has 0 bridgehead atoms. The van der Waals surface area contributed by atoms with Crippen LogP contribution in [0.5, 0.6) is 28.7 Å². The molecule has 1 saturated heterocycles. The highest BCUT2D eigenvalue weighted by atomic mass is 16.7. The molecule has 4 rings (SSSR count). The van der Waals surface area contributed by atoms with Crippen molar-refractivity contribution in [3.63, 3.8) is 0 Å². The van der Waals surface area contributed by atoms with Crippen LogP contribution < -0.4 is 14.9 Å². The van der Waals surface area contributed by atoms with E-state index >= 15 is 0 Å². The minimum Gasteiger partial charge on any atom is -0.508 e. The summed E-state index contributed by atoms with van der Waals surface area (Å²) in [4.78, 5) is 13.5. The fourth-order valence-electron chi connectivity index (χ4n) is 3.60. The Morgan fingerprint density at radius 2 is 1.67 bits per heavy atom. The third kappa shape index (κ3) is 3.91. The Kier molecular flexibility index (Phi) is 5.80. The van der Waals surface area contributed by atoms with Gasteiger partial charge in [0.1, 0.15) is 40.8 Å². The van der Waals surface area contributed by atoms with E-state index in [9.17, 15) is 35.4 Å². The predicted molar refractivity (Wildman–Crippen MR) is 112 cm³/mol. The molecule has 1 aliphatic rings. The van der Waals surface area contributed by atoms with Crippen molar-refractivity contribution in [1.29, 1.82) is 0 Å². The molecule has 33 heavy (non-hydrogen) atoms. The van der Waals surface area contributed by atoms with Crippen molar-refractivity contribution in [3.8, 4) is 40.1 Å². The standard InChI is InChI=1S/C22H22O11/c1-8-16(26)18(28)19(29)22(31-8)33-21-17(27)15-13(30-2)6-10(23)7-14(15)32-20(21)9-3-4-11(24)12(25)5-9/h3-8,16,18-19,22-26,28-29H,1-2H3. The number of hydrogen-bond acceptors (Lipinski definition) is 11. The van der Waals surface area contributed by atoms with Crippen LogP contribution in [0.1, 0.15) is 6.92 Å². The van der Waals surface area contributed by atoms with E-state index in [0.717, 1.165) is 12.1 Å². The van der Waals surface area contributed by atoms with Gasteiger partial charge in [0.05, 0.1) is 13.2 Å². The maximum absolute atomic E-state index is 13.5. The lowest BCUT2D eigenvalue weighted by molar-refractivity contribution is -0.268. The smallest absolute Gasteiger partial charge is 0.239 e. The van der Waals surface area contributed by atoms with Crippen LogP contribution in [-0.2, 0) is 4.74 Å². The molecular weight excluding hydrogens is 440 g/mol. The number of rotatable bonds is 4. The van der Waals surface area contributed by atoms with Gasteiger partial charge in [0.2, 0.25) is 17.5 Å². The number of benzene rings is 2. The summed E-state index contributed by atoms with van der Waals surface area (Å²) >= 11 is 0. The van der Waals surface area contributed by atoms with E-state index in [-0.39, 0.29) is 33.8 Å². The number of methoxy groups -OCH3 is 1. The van der Waals surface area contributed by atoms with Crippen LogP contribution in [0.25, 0.3) is 22.3 Å². The first-order valence-corrected chi connectivity index (χ1v) is 9.88. The molecule has 0 saturated carbocycles. The van der Waals surface area contributed by atoms with Crippen LogP contribution >= 0.6 is 0 Å². The average Bonchev–Trinajstić information content (AvgIpc) is 2.78. The largest absolute Gasteiger partial charge is 0.508 e. The Hall–Kier alpha value is -3.51. The van der Waals surface area contributed by atoms with Crippen molar-refractivity contribution in [2.75, 3.05) is 7.11 Å². The number of phenols is 3. The lowest BCUT2D eigenvalue weighted by atomic mass is 10.00. The van der Waals surface area contributed by atoms with E-state index in [2.05, 4.69) is 0 Å². The highest BCUT2D eigenvalue weighted by Crippen LogP contribution is 2.39. The third-order valence-electron chi connectivity index (χ3n) is 5.40. The van der Waals surface area contributed by atoms with E-state index < -0.39 is 53.4 Å². The summed E-state index contributed by atoms with van der Waals surface area (Å²) in [5, 5.41) is 59.8. The number of phenolic OH excluding ortho intramolecular Hbond substituents is 3. The lowest BCUT2D eigenvalue weighted by Crippen LogP contribution is -2.58. The molecular formula is C22H22O11. The Morgan fingerprint density at radius 3 is 2.33 bits per heavy atom. The maximum atomic E-state index is 13.5. The SMILES string of the molecule is COc1cc(O)cc2oc(-c3ccc(O)c(O)c3)c(OC3OC(C)C(O)C(O)C3O)c(=O)c12. The van der Waals surface area contributed by atoms with Crippen molar-refractivity contribution in [2.24, 2.45) is 0 Å². The number of aromatic hydroxyl groups is 3. The number of aliphatic hydroxyl groups is 3. The second-order valence-corrected chi connectivity index (χ2v) is 7.61. The zero-order valence-electron chi connectivity index (χ0n) is 17.5. The molecule has 5 atom stereocenters. The van der Waals surface area contributed by atoms with E-state index in [1.165, 1.54) is 32.2 Å². The van der Waals surface area contributed by atoms with Gasteiger partial charge in [-0.1, -0.05) is 0 Å². The Balaban J connectivity index is 1.94. The number of fused-ring (bicyclic) bond motifs is 1. The molecule has 2 aromatic carbocycles. The van der Waals surface area contributed by atoms with Gasteiger partial charge < -0.3 is 49.3 Å². The van der Waals surface area contributed by atoms with Gasteiger partial charge in [-0.15, -0.1) is 0 Å². The first kappa shape index (κ1) is 22.7. The summed E-state index contributed by atoms with van der Waals surface area (Å²) in [6.45, 7) is 1.45. The van der Waals surface area contributed by atoms with Gasteiger partial charge >= 0.3 is 0 Å². The maximum Gasteiger partial charge on any atom is 0.239 e. The zero-order chi connectivity index (χ0) is 24.0. The molecule has 3 aromatic rings. The summed E-state index contributed by atoms with van der Waals surface area (Å²) in [6, 6.07) is 6.00. The molecule has 1 aliphatic heterocycles. The number of aliphatic hydroxyl groups excluding tert-OH is 3. The highest BCUT2D eigenvalue weighted by Gasteiger charge is 2.44. The predicted octanol–water partition coefficient (Wildman–Crippen LogP) is 0.792. The third-order valence-corrected chi connectivity index (χ3v) is 5.40. The second-order valence-electron chi connectivity index (χ2n) is 7.61. The molecule has 11 heteroatoms. The molecule has 0 spiro atoms. The normalized spacial score (nSPS) is 25.2. The van der Waals surface area contributed by atoms with Gasteiger partial charge in [0.25, 0.3) is 0 Å². The van der Waals surface area contributed by atoms with Gasteiger partial charge in [-0.2, -0.15) is 0 Å². The minimum atomic E-state index is -1.71. The van der Waals surface area contributed by atoms with Gasteiger partial charge in [-0.25, -0.2) is 0 Å². The fourth-order valence-corrected chi connectivity index (χ4v) is 3.60. The zero-order valence-corrected chi connectivity index (χ0v) is 17.5. The van der Waals surface area contributed by atoms with Gasteiger partial charge in [0.15, 0.2) is 17.3 Å². The molecule has 11 nitrogen and oxygen atoms in total. The highest BCUT2D eigenvalue weighted by molar-refractivity contribution is 5.88. The van der Waals surface area contributed by atoms with Crippen molar-refractivity contribution in [1.82, 2.24) is 0 Å². The van der Waals surface area contributed by atoms with E-state index in [4.69, 9.17) is 18.6 Å². The summed E-state index contributed by atoms with van der Waals surface area (Å²) in [5.74, 6) is -1.86. The number of ether oxygens (including phenoxy) is 3. The topological polar surface area (TPSA) is 179 Å². The molecule has 176 valence electrons. The Bertz CT molecular complexity index is 1250. The summed E-state index contributed by atoms with van der Waals surface area (Å²) < 4.78 is 22.1. The van der Waals surface area contributed by atoms with Gasteiger partial charge in [-0.3, -0.25) is 4.79 Å². The second kappa shape index (κ2) is 8.45. The molecule has 0 amide bonds. The first-order valence-electron chi connectivity index (χ1n) is 9.88. The number of hydrogen-bond donors (Lipinski definition) is 6.